The largest absolute Gasteiger partial charge is 0.317 e. The summed E-state index contributed by atoms with van der Waals surface area (Å²) in [7, 11) is 0. The van der Waals surface area contributed by atoms with E-state index in [1.807, 2.05) is 12.3 Å². The minimum atomic E-state index is -0.639. The first-order valence-corrected chi connectivity index (χ1v) is 5.97. The molecule has 1 heterocycles. The van der Waals surface area contributed by atoms with E-state index in [9.17, 15) is 4.79 Å². The highest BCUT2D eigenvalue weighted by atomic mass is 32.2. The fraction of sp³-hybridized carbons (Fsp3) is 0.400. The Balaban J connectivity index is 2.01. The quantitative estimate of drug-likeness (QED) is 0.756. The Morgan fingerprint density at radius 2 is 2.33 bits per heavy atom. The van der Waals surface area contributed by atoms with E-state index in [0.29, 0.717) is 5.82 Å². The lowest BCUT2D eigenvalue weighted by Crippen LogP contribution is -2.38. The van der Waals surface area contributed by atoms with Gasteiger partial charge in [-0.1, -0.05) is 0 Å². The van der Waals surface area contributed by atoms with Crippen LogP contribution in [0.1, 0.15) is 12.8 Å². The summed E-state index contributed by atoms with van der Waals surface area (Å²) in [4.78, 5) is 16.8. The second-order valence-electron chi connectivity index (χ2n) is 3.69. The number of carbonyl (C=O) groups excluding carboxylic acids is 1. The van der Waals surface area contributed by atoms with Crippen LogP contribution in [0.25, 0.3) is 0 Å². The van der Waals surface area contributed by atoms with Crippen LogP contribution in [0.15, 0.2) is 23.2 Å². The molecule has 3 N–H and O–H groups in total. The third-order valence-electron chi connectivity index (χ3n) is 2.45. The normalized spacial score (nSPS) is 17.2. The number of hydrogen-bond acceptors (Lipinski definition) is 4. The van der Waals surface area contributed by atoms with E-state index in [1.165, 1.54) is 0 Å². The Morgan fingerprint density at radius 1 is 1.60 bits per heavy atom. The molecule has 0 unspecified atom stereocenters. The summed E-state index contributed by atoms with van der Waals surface area (Å²) in [5, 5.41) is 2.71. The van der Waals surface area contributed by atoms with Gasteiger partial charge in [-0.15, -0.1) is 11.8 Å². The summed E-state index contributed by atoms with van der Waals surface area (Å²) < 4.78 is 0. The maximum Gasteiger partial charge on any atom is 0.245 e. The van der Waals surface area contributed by atoms with Gasteiger partial charge >= 0.3 is 0 Å². The number of nitrogens with two attached hydrogens (primary N) is 1. The molecular formula is C10H13N3OS. The number of thioether (sulfide) groups is 1. The predicted octanol–water partition coefficient (Wildman–Crippen LogP) is 1.23. The van der Waals surface area contributed by atoms with Crippen molar-refractivity contribution in [3.8, 4) is 0 Å². The molecule has 1 amide bonds. The molecule has 1 aliphatic rings. The summed E-state index contributed by atoms with van der Waals surface area (Å²) in [6.45, 7) is 0. The molecule has 0 radical (unpaired) electrons. The van der Waals surface area contributed by atoms with E-state index < -0.39 is 5.54 Å². The van der Waals surface area contributed by atoms with Crippen molar-refractivity contribution in [2.75, 3.05) is 11.6 Å². The molecule has 1 fully saturated rings. The van der Waals surface area contributed by atoms with Gasteiger partial charge in [0.05, 0.1) is 5.54 Å². The van der Waals surface area contributed by atoms with E-state index in [1.54, 1.807) is 24.0 Å². The van der Waals surface area contributed by atoms with E-state index in [4.69, 9.17) is 5.73 Å². The molecule has 1 aliphatic carbocycles. The Bertz CT molecular complexity index is 373. The number of hydrogen-bond donors (Lipinski definition) is 2. The minimum absolute atomic E-state index is 0.132. The number of nitrogens with one attached hydrogen (secondary N) is 1. The maximum atomic E-state index is 11.6. The van der Waals surface area contributed by atoms with Crippen LogP contribution in [0.3, 0.4) is 0 Å². The van der Waals surface area contributed by atoms with Crippen molar-refractivity contribution in [1.29, 1.82) is 0 Å². The molecule has 5 heteroatoms. The third-order valence-corrected chi connectivity index (χ3v) is 3.17. The van der Waals surface area contributed by atoms with Gasteiger partial charge in [-0.25, -0.2) is 4.98 Å². The zero-order chi connectivity index (χ0) is 10.9. The average Bonchev–Trinajstić information content (AvgIpc) is 2.99. The van der Waals surface area contributed by atoms with Gasteiger partial charge in [0, 0.05) is 11.1 Å². The van der Waals surface area contributed by atoms with Crippen molar-refractivity contribution < 1.29 is 4.79 Å². The first-order chi connectivity index (χ1) is 7.14. The number of amides is 1. The van der Waals surface area contributed by atoms with E-state index in [0.717, 1.165) is 17.7 Å². The van der Waals surface area contributed by atoms with Crippen LogP contribution in [0, 0.1) is 0 Å². The SMILES string of the molecule is CSc1ccc(NC(=O)C2(N)CC2)nc1. The smallest absolute Gasteiger partial charge is 0.245 e. The zero-order valence-electron chi connectivity index (χ0n) is 8.49. The summed E-state index contributed by atoms with van der Waals surface area (Å²) in [6, 6.07) is 3.71. The Labute approximate surface area is 92.6 Å². The highest BCUT2D eigenvalue weighted by Gasteiger charge is 2.46. The lowest BCUT2D eigenvalue weighted by molar-refractivity contribution is -0.118. The molecule has 1 aromatic rings. The van der Waals surface area contributed by atoms with Gasteiger partial charge in [-0.3, -0.25) is 4.79 Å². The monoisotopic (exact) mass is 223 g/mol. The molecule has 0 aliphatic heterocycles. The lowest BCUT2D eigenvalue weighted by Gasteiger charge is -2.09. The number of carbonyl (C=O) groups is 1. The molecule has 15 heavy (non-hydrogen) atoms. The van der Waals surface area contributed by atoms with Gasteiger partial charge in [0.15, 0.2) is 0 Å². The van der Waals surface area contributed by atoms with Crippen LogP contribution in [0.5, 0.6) is 0 Å². The van der Waals surface area contributed by atoms with Crippen LogP contribution in [0.2, 0.25) is 0 Å². The van der Waals surface area contributed by atoms with Crippen molar-refractivity contribution in [2.45, 2.75) is 23.3 Å². The van der Waals surface area contributed by atoms with E-state index >= 15 is 0 Å². The number of rotatable bonds is 3. The molecular weight excluding hydrogens is 210 g/mol. The van der Waals surface area contributed by atoms with Crippen molar-refractivity contribution in [3.05, 3.63) is 18.3 Å². The first-order valence-electron chi connectivity index (χ1n) is 4.74. The number of anilines is 1. The van der Waals surface area contributed by atoms with Gasteiger partial charge in [0.1, 0.15) is 5.82 Å². The highest BCUT2D eigenvalue weighted by molar-refractivity contribution is 7.98. The molecule has 0 spiro atoms. The fourth-order valence-electron chi connectivity index (χ4n) is 1.18. The Kier molecular flexibility index (Phi) is 2.67. The molecule has 0 bridgehead atoms. The zero-order valence-corrected chi connectivity index (χ0v) is 9.30. The van der Waals surface area contributed by atoms with Crippen molar-refractivity contribution in [1.82, 2.24) is 4.98 Å². The van der Waals surface area contributed by atoms with Crippen LogP contribution in [-0.2, 0) is 4.79 Å². The van der Waals surface area contributed by atoms with Crippen molar-refractivity contribution >= 4 is 23.5 Å². The second kappa shape index (κ2) is 3.83. The molecule has 1 aromatic heterocycles. The van der Waals surface area contributed by atoms with E-state index in [2.05, 4.69) is 10.3 Å². The van der Waals surface area contributed by atoms with Gasteiger partial charge < -0.3 is 11.1 Å². The van der Waals surface area contributed by atoms with Crippen LogP contribution in [0.4, 0.5) is 5.82 Å². The summed E-state index contributed by atoms with van der Waals surface area (Å²) in [5.74, 6) is 0.432. The molecule has 2 rings (SSSR count). The lowest BCUT2D eigenvalue weighted by atomic mass is 10.3. The summed E-state index contributed by atoms with van der Waals surface area (Å²) in [6.07, 6.45) is 5.24. The van der Waals surface area contributed by atoms with E-state index in [-0.39, 0.29) is 5.91 Å². The van der Waals surface area contributed by atoms with Crippen molar-refractivity contribution in [3.63, 3.8) is 0 Å². The van der Waals surface area contributed by atoms with Crippen LogP contribution < -0.4 is 11.1 Å². The molecule has 0 atom stereocenters. The highest BCUT2D eigenvalue weighted by Crippen LogP contribution is 2.33. The van der Waals surface area contributed by atoms with Gasteiger partial charge in [0.25, 0.3) is 0 Å². The molecule has 0 aromatic carbocycles. The summed E-state index contributed by atoms with van der Waals surface area (Å²) in [5.41, 5.74) is 5.11. The number of nitrogens with zero attached hydrogens (tertiary/aromatic N) is 1. The second-order valence-corrected chi connectivity index (χ2v) is 4.57. The first kappa shape index (κ1) is 10.4. The standard InChI is InChI=1S/C10H13N3OS/c1-15-7-2-3-8(12-6-7)13-9(14)10(11)4-5-10/h2-3,6H,4-5,11H2,1H3,(H,12,13,14). The molecule has 0 saturated heterocycles. The van der Waals surface area contributed by atoms with Gasteiger partial charge in [-0.2, -0.15) is 0 Å². The number of pyridine rings is 1. The van der Waals surface area contributed by atoms with Crippen molar-refractivity contribution in [2.24, 2.45) is 5.73 Å². The van der Waals surface area contributed by atoms with Crippen LogP contribution >= 0.6 is 11.8 Å². The minimum Gasteiger partial charge on any atom is -0.317 e. The maximum absolute atomic E-state index is 11.6. The van der Waals surface area contributed by atoms with Gasteiger partial charge in [-0.05, 0) is 31.2 Å². The average molecular weight is 223 g/mol. The Hall–Kier alpha value is -1.07. The third kappa shape index (κ3) is 2.30. The summed E-state index contributed by atoms with van der Waals surface area (Å²) >= 11 is 1.61. The molecule has 80 valence electrons. The van der Waals surface area contributed by atoms with Crippen LogP contribution in [-0.4, -0.2) is 22.7 Å². The molecule has 1 saturated carbocycles. The fourth-order valence-corrected chi connectivity index (χ4v) is 1.54. The number of aromatic nitrogens is 1. The predicted molar refractivity (Wildman–Crippen MR) is 60.8 cm³/mol. The Morgan fingerprint density at radius 3 is 2.80 bits per heavy atom. The molecule has 4 nitrogen and oxygen atoms in total. The van der Waals surface area contributed by atoms with Gasteiger partial charge in [0.2, 0.25) is 5.91 Å². The topological polar surface area (TPSA) is 68.0 Å².